The van der Waals surface area contributed by atoms with Gasteiger partial charge in [-0.25, -0.2) is 4.68 Å². The molecule has 1 aromatic heterocycles. The molecule has 0 saturated carbocycles. The zero-order chi connectivity index (χ0) is 13.1. The number of aromatic nitrogens is 3. The average molecular weight is 253 g/mol. The predicted molar refractivity (Wildman–Crippen MR) is 48.1 cm³/mol. The van der Waals surface area contributed by atoms with Gasteiger partial charge in [-0.15, -0.1) is 5.10 Å². The molecular formula is C8H10F3N3O3. The lowest BCUT2D eigenvalue weighted by Crippen LogP contribution is -2.21. The third-order valence-corrected chi connectivity index (χ3v) is 1.85. The predicted octanol–water partition coefficient (Wildman–Crippen LogP) is 0.614. The summed E-state index contributed by atoms with van der Waals surface area (Å²) in [6.45, 7) is -1.50. The number of hydrogen-bond acceptors (Lipinski definition) is 4. The largest absolute Gasteiger partial charge is 0.481 e. The smallest absolute Gasteiger partial charge is 0.408 e. The van der Waals surface area contributed by atoms with E-state index >= 15 is 0 Å². The van der Waals surface area contributed by atoms with Crippen LogP contribution in [0.4, 0.5) is 13.2 Å². The molecule has 0 radical (unpaired) electrons. The number of halogens is 3. The van der Waals surface area contributed by atoms with Gasteiger partial charge in [0.15, 0.2) is 0 Å². The second-order valence-electron chi connectivity index (χ2n) is 3.26. The molecule has 0 aliphatic heterocycles. The van der Waals surface area contributed by atoms with E-state index in [0.717, 1.165) is 0 Å². The average Bonchev–Trinajstić information content (AvgIpc) is 2.47. The molecule has 0 atom stereocenters. The highest BCUT2D eigenvalue weighted by molar-refractivity contribution is 5.69. The lowest BCUT2D eigenvalue weighted by atomic mass is 10.2. The highest BCUT2D eigenvalue weighted by Crippen LogP contribution is 2.19. The number of alkyl halides is 3. The third-order valence-electron chi connectivity index (χ3n) is 1.85. The van der Waals surface area contributed by atoms with Gasteiger partial charge in [0, 0.05) is 7.11 Å². The zero-order valence-electron chi connectivity index (χ0n) is 8.86. The molecule has 1 rings (SSSR count). The third kappa shape index (κ3) is 4.02. The summed E-state index contributed by atoms with van der Waals surface area (Å²) in [5, 5.41) is 15.2. The van der Waals surface area contributed by atoms with E-state index in [9.17, 15) is 18.0 Å². The number of aliphatic carboxylic acids is 1. The molecule has 0 aliphatic rings. The monoisotopic (exact) mass is 253 g/mol. The van der Waals surface area contributed by atoms with Crippen LogP contribution >= 0.6 is 0 Å². The summed E-state index contributed by atoms with van der Waals surface area (Å²) in [5.74, 6) is -1.19. The minimum Gasteiger partial charge on any atom is -0.481 e. The number of carbonyl (C=O) groups is 1. The number of methoxy groups -OCH3 is 1. The van der Waals surface area contributed by atoms with E-state index < -0.39 is 25.1 Å². The molecule has 0 aromatic carbocycles. The van der Waals surface area contributed by atoms with Crippen LogP contribution < -0.4 is 0 Å². The SMILES string of the molecule is COCc1c(CC(=O)O)nnn1CC(F)(F)F. The Morgan fingerprint density at radius 1 is 1.53 bits per heavy atom. The van der Waals surface area contributed by atoms with Gasteiger partial charge in [-0.2, -0.15) is 13.2 Å². The van der Waals surface area contributed by atoms with Crippen LogP contribution in [0.5, 0.6) is 0 Å². The summed E-state index contributed by atoms with van der Waals surface area (Å²) < 4.78 is 41.9. The Bertz CT molecular complexity index is 402. The van der Waals surface area contributed by atoms with Gasteiger partial charge in [0.2, 0.25) is 0 Å². The van der Waals surface area contributed by atoms with Crippen molar-refractivity contribution in [3.8, 4) is 0 Å². The van der Waals surface area contributed by atoms with E-state index in [-0.39, 0.29) is 18.0 Å². The summed E-state index contributed by atoms with van der Waals surface area (Å²) in [4.78, 5) is 10.5. The van der Waals surface area contributed by atoms with Crippen LogP contribution in [0.15, 0.2) is 0 Å². The maximum Gasteiger partial charge on any atom is 0.408 e. The number of ether oxygens (including phenoxy) is 1. The van der Waals surface area contributed by atoms with Crippen molar-refractivity contribution >= 4 is 5.97 Å². The van der Waals surface area contributed by atoms with E-state index in [1.807, 2.05) is 0 Å². The Hall–Kier alpha value is -1.64. The van der Waals surface area contributed by atoms with Gasteiger partial charge in [0.25, 0.3) is 0 Å². The second kappa shape index (κ2) is 5.13. The van der Waals surface area contributed by atoms with Crippen LogP contribution in [0.1, 0.15) is 11.4 Å². The van der Waals surface area contributed by atoms with E-state index in [2.05, 4.69) is 10.3 Å². The van der Waals surface area contributed by atoms with Gasteiger partial charge < -0.3 is 9.84 Å². The molecule has 1 heterocycles. The summed E-state index contributed by atoms with van der Waals surface area (Å²) >= 11 is 0. The highest BCUT2D eigenvalue weighted by atomic mass is 19.4. The molecular weight excluding hydrogens is 243 g/mol. The van der Waals surface area contributed by atoms with Gasteiger partial charge in [0.1, 0.15) is 6.54 Å². The Kier molecular flexibility index (Phi) is 4.05. The standard InChI is InChI=1S/C8H10F3N3O3/c1-17-3-6-5(2-7(15)16)12-13-14(6)4-8(9,10)11/h2-4H2,1H3,(H,15,16). The fourth-order valence-electron chi connectivity index (χ4n) is 1.24. The summed E-state index contributed by atoms with van der Waals surface area (Å²) in [6, 6.07) is 0. The molecule has 0 aliphatic carbocycles. The van der Waals surface area contributed by atoms with Crippen LogP contribution in [0, 0.1) is 0 Å². The topological polar surface area (TPSA) is 77.2 Å². The van der Waals surface area contributed by atoms with Crippen LogP contribution in [-0.2, 0) is 29.1 Å². The second-order valence-corrected chi connectivity index (χ2v) is 3.26. The fourth-order valence-corrected chi connectivity index (χ4v) is 1.24. The van der Waals surface area contributed by atoms with Crippen molar-refractivity contribution in [1.82, 2.24) is 15.0 Å². The normalized spacial score (nSPS) is 11.8. The van der Waals surface area contributed by atoms with Crippen molar-refractivity contribution in [3.05, 3.63) is 11.4 Å². The molecule has 0 fully saturated rings. The van der Waals surface area contributed by atoms with Crippen LogP contribution in [0.25, 0.3) is 0 Å². The maximum absolute atomic E-state index is 12.2. The van der Waals surface area contributed by atoms with E-state index in [4.69, 9.17) is 9.84 Å². The number of carboxylic acid groups (broad SMARTS) is 1. The van der Waals surface area contributed by atoms with Crippen molar-refractivity contribution in [2.45, 2.75) is 25.7 Å². The van der Waals surface area contributed by atoms with E-state index in [1.54, 1.807) is 0 Å². The Morgan fingerprint density at radius 2 is 2.18 bits per heavy atom. The van der Waals surface area contributed by atoms with E-state index in [0.29, 0.717) is 4.68 Å². The Balaban J connectivity index is 2.97. The lowest BCUT2D eigenvalue weighted by molar-refractivity contribution is -0.143. The molecule has 0 unspecified atom stereocenters. The first kappa shape index (κ1) is 13.4. The Labute approximate surface area is 94.0 Å². The van der Waals surface area contributed by atoms with Gasteiger partial charge in [-0.05, 0) is 0 Å². The number of nitrogens with zero attached hydrogens (tertiary/aromatic N) is 3. The van der Waals surface area contributed by atoms with Crippen molar-refractivity contribution in [3.63, 3.8) is 0 Å². The van der Waals surface area contributed by atoms with E-state index in [1.165, 1.54) is 7.11 Å². The maximum atomic E-state index is 12.2. The van der Waals surface area contributed by atoms with Crippen LogP contribution in [-0.4, -0.2) is 39.4 Å². The lowest BCUT2D eigenvalue weighted by Gasteiger charge is -2.09. The quantitative estimate of drug-likeness (QED) is 0.832. The molecule has 1 aromatic rings. The van der Waals surface area contributed by atoms with Gasteiger partial charge >= 0.3 is 12.1 Å². The summed E-state index contributed by atoms with van der Waals surface area (Å²) in [7, 11) is 1.29. The van der Waals surface area contributed by atoms with Gasteiger partial charge in [-0.3, -0.25) is 4.79 Å². The first-order valence-electron chi connectivity index (χ1n) is 4.52. The fraction of sp³-hybridized carbons (Fsp3) is 0.625. The van der Waals surface area contributed by atoms with Crippen molar-refractivity contribution in [2.75, 3.05) is 7.11 Å². The number of hydrogen-bond donors (Lipinski definition) is 1. The first-order chi connectivity index (χ1) is 7.83. The molecule has 96 valence electrons. The van der Waals surface area contributed by atoms with Crippen molar-refractivity contribution in [1.29, 1.82) is 0 Å². The molecule has 0 amide bonds. The molecule has 9 heteroatoms. The first-order valence-corrected chi connectivity index (χ1v) is 4.52. The summed E-state index contributed by atoms with van der Waals surface area (Å²) in [6.07, 6.45) is -4.94. The van der Waals surface area contributed by atoms with Crippen LogP contribution in [0.2, 0.25) is 0 Å². The van der Waals surface area contributed by atoms with Gasteiger partial charge in [0.05, 0.1) is 24.4 Å². The summed E-state index contributed by atoms with van der Waals surface area (Å²) in [5.41, 5.74) is -0.00387. The minimum atomic E-state index is -4.45. The Morgan fingerprint density at radius 3 is 2.65 bits per heavy atom. The minimum absolute atomic E-state index is 0.0206. The molecule has 6 nitrogen and oxygen atoms in total. The zero-order valence-corrected chi connectivity index (χ0v) is 8.86. The van der Waals surface area contributed by atoms with Crippen molar-refractivity contribution in [2.24, 2.45) is 0 Å². The molecule has 0 bridgehead atoms. The van der Waals surface area contributed by atoms with Crippen LogP contribution in [0.3, 0.4) is 0 Å². The molecule has 1 N–H and O–H groups in total. The number of rotatable bonds is 5. The highest BCUT2D eigenvalue weighted by Gasteiger charge is 2.30. The number of carboxylic acids is 1. The molecule has 0 saturated heterocycles. The van der Waals surface area contributed by atoms with Gasteiger partial charge in [-0.1, -0.05) is 5.21 Å². The van der Waals surface area contributed by atoms with Crippen molar-refractivity contribution < 1.29 is 27.8 Å². The molecule has 17 heavy (non-hydrogen) atoms. The molecule has 0 spiro atoms.